The van der Waals surface area contributed by atoms with E-state index in [1.54, 1.807) is 44.3 Å². The zero-order chi connectivity index (χ0) is 20.7. The minimum absolute atomic E-state index is 0.0128. The normalized spacial score (nSPS) is 11.4. The molecular formula is C20H25N3O5. The second-order valence-electron chi connectivity index (χ2n) is 6.09. The molecule has 0 saturated carbocycles. The Hall–Kier alpha value is -3.29. The number of anilines is 1. The average molecular weight is 387 g/mol. The summed E-state index contributed by atoms with van der Waals surface area (Å²) in [5.74, 6) is 1.16. The molecule has 8 nitrogen and oxygen atoms in total. The number of amides is 2. The highest BCUT2D eigenvalue weighted by Gasteiger charge is 2.20. The third-order valence-electron chi connectivity index (χ3n) is 4.27. The fourth-order valence-corrected chi connectivity index (χ4v) is 2.65. The Morgan fingerprint density at radius 2 is 1.89 bits per heavy atom. The number of urea groups is 1. The maximum absolute atomic E-state index is 12.8. The van der Waals surface area contributed by atoms with Gasteiger partial charge in [0.25, 0.3) is 5.69 Å². The molecule has 0 unspecified atom stereocenters. The van der Waals surface area contributed by atoms with Crippen LogP contribution in [-0.4, -0.2) is 36.1 Å². The van der Waals surface area contributed by atoms with E-state index in [1.807, 2.05) is 13.8 Å². The fraction of sp³-hybridized carbons (Fsp3) is 0.350. The minimum atomic E-state index is -0.454. The van der Waals surface area contributed by atoms with E-state index in [9.17, 15) is 14.9 Å². The van der Waals surface area contributed by atoms with E-state index in [1.165, 1.54) is 17.0 Å². The molecular weight excluding hydrogens is 362 g/mol. The van der Waals surface area contributed by atoms with Gasteiger partial charge in [0.2, 0.25) is 0 Å². The van der Waals surface area contributed by atoms with Gasteiger partial charge in [0.1, 0.15) is 11.5 Å². The summed E-state index contributed by atoms with van der Waals surface area (Å²) in [6.45, 7) is 6.50. The molecule has 2 aromatic rings. The number of nitro benzene ring substituents is 1. The number of nitrogens with one attached hydrogen (secondary N) is 1. The van der Waals surface area contributed by atoms with Gasteiger partial charge in [-0.15, -0.1) is 0 Å². The molecule has 0 aliphatic carbocycles. The summed E-state index contributed by atoms with van der Waals surface area (Å²) in [6.07, 6.45) is 0. The Kier molecular flexibility index (Phi) is 7.20. The lowest BCUT2D eigenvalue weighted by atomic mass is 10.1. The summed E-state index contributed by atoms with van der Waals surface area (Å²) < 4.78 is 11.1. The van der Waals surface area contributed by atoms with Gasteiger partial charge in [0.15, 0.2) is 0 Å². The number of carbonyl (C=O) groups excluding carboxylic acids is 1. The predicted molar refractivity (Wildman–Crippen MR) is 107 cm³/mol. The lowest BCUT2D eigenvalue weighted by Crippen LogP contribution is -2.33. The van der Waals surface area contributed by atoms with Crippen LogP contribution in [0, 0.1) is 10.1 Å². The number of nitrogens with zero attached hydrogens (tertiary/aromatic N) is 2. The lowest BCUT2D eigenvalue weighted by molar-refractivity contribution is -0.384. The van der Waals surface area contributed by atoms with Crippen LogP contribution in [0.5, 0.6) is 11.5 Å². The van der Waals surface area contributed by atoms with E-state index in [0.717, 1.165) is 0 Å². The van der Waals surface area contributed by atoms with Crippen molar-refractivity contribution in [1.82, 2.24) is 4.90 Å². The van der Waals surface area contributed by atoms with Crippen molar-refractivity contribution in [2.24, 2.45) is 0 Å². The van der Waals surface area contributed by atoms with Gasteiger partial charge in [-0.05, 0) is 38.5 Å². The molecule has 0 fully saturated rings. The summed E-state index contributed by atoms with van der Waals surface area (Å²) in [5, 5.41) is 13.8. The van der Waals surface area contributed by atoms with Gasteiger partial charge in [-0.2, -0.15) is 0 Å². The van der Waals surface area contributed by atoms with Gasteiger partial charge < -0.3 is 19.7 Å². The van der Waals surface area contributed by atoms with Crippen molar-refractivity contribution in [2.75, 3.05) is 25.6 Å². The molecule has 0 saturated heterocycles. The third-order valence-corrected chi connectivity index (χ3v) is 4.27. The van der Waals surface area contributed by atoms with Gasteiger partial charge in [-0.25, -0.2) is 4.79 Å². The Labute approximate surface area is 164 Å². The molecule has 2 aromatic carbocycles. The number of non-ortho nitro benzene ring substituents is 1. The van der Waals surface area contributed by atoms with Gasteiger partial charge in [-0.3, -0.25) is 10.1 Å². The molecule has 0 spiro atoms. The molecule has 8 heteroatoms. The lowest BCUT2D eigenvalue weighted by Gasteiger charge is -2.26. The highest BCUT2D eigenvalue weighted by atomic mass is 16.6. The number of carbonyl (C=O) groups is 1. The molecule has 1 atom stereocenters. The summed E-state index contributed by atoms with van der Waals surface area (Å²) in [5.41, 5.74) is 1.15. The molecule has 0 bridgehead atoms. The van der Waals surface area contributed by atoms with Gasteiger partial charge in [0.05, 0.1) is 29.9 Å². The average Bonchev–Trinajstić information content (AvgIpc) is 2.69. The van der Waals surface area contributed by atoms with Crippen LogP contribution in [0.2, 0.25) is 0 Å². The number of hydrogen-bond acceptors (Lipinski definition) is 5. The van der Waals surface area contributed by atoms with Crippen LogP contribution >= 0.6 is 0 Å². The third kappa shape index (κ3) is 5.12. The van der Waals surface area contributed by atoms with E-state index in [0.29, 0.717) is 36.0 Å². The summed E-state index contributed by atoms with van der Waals surface area (Å²) in [4.78, 5) is 24.8. The Balaban J connectivity index is 2.20. The minimum Gasteiger partial charge on any atom is -0.494 e. The van der Waals surface area contributed by atoms with Crippen LogP contribution in [0.25, 0.3) is 0 Å². The van der Waals surface area contributed by atoms with Crippen molar-refractivity contribution in [1.29, 1.82) is 0 Å². The summed E-state index contributed by atoms with van der Waals surface area (Å²) in [7, 11) is 1.63. The second kappa shape index (κ2) is 9.59. The Morgan fingerprint density at radius 1 is 1.18 bits per heavy atom. The van der Waals surface area contributed by atoms with Crippen molar-refractivity contribution in [3.63, 3.8) is 0 Å². The van der Waals surface area contributed by atoms with Crippen molar-refractivity contribution in [3.8, 4) is 11.5 Å². The first kappa shape index (κ1) is 21.0. The van der Waals surface area contributed by atoms with Crippen LogP contribution in [0.15, 0.2) is 42.5 Å². The molecule has 0 radical (unpaired) electrons. The fourth-order valence-electron chi connectivity index (χ4n) is 2.65. The predicted octanol–water partition coefficient (Wildman–Crippen LogP) is 4.62. The molecule has 1 N–H and O–H groups in total. The van der Waals surface area contributed by atoms with E-state index >= 15 is 0 Å². The summed E-state index contributed by atoms with van der Waals surface area (Å²) in [6, 6.07) is 10.7. The highest BCUT2D eigenvalue weighted by Crippen LogP contribution is 2.30. The zero-order valence-corrected chi connectivity index (χ0v) is 16.5. The van der Waals surface area contributed by atoms with Gasteiger partial charge in [0, 0.05) is 25.2 Å². The first-order valence-electron chi connectivity index (χ1n) is 9.05. The number of benzene rings is 2. The molecule has 150 valence electrons. The van der Waals surface area contributed by atoms with Crippen LogP contribution in [-0.2, 0) is 0 Å². The monoisotopic (exact) mass is 387 g/mol. The molecule has 0 aliphatic rings. The first-order valence-corrected chi connectivity index (χ1v) is 9.05. The molecule has 2 amide bonds. The molecule has 0 heterocycles. The van der Waals surface area contributed by atoms with Crippen LogP contribution in [0.3, 0.4) is 0 Å². The van der Waals surface area contributed by atoms with Crippen molar-refractivity contribution < 1.29 is 19.2 Å². The standard InChI is InChI=1S/C20H25N3O5/c1-5-27-17-10-11-19(28-6-2)18(13-17)21-20(24)22(4)14(3)15-8-7-9-16(12-15)23(25)26/h7-14H,5-6H2,1-4H3,(H,21,24)/t14-/m1/s1. The van der Waals surface area contributed by atoms with Crippen molar-refractivity contribution in [3.05, 3.63) is 58.1 Å². The number of ether oxygens (including phenoxy) is 2. The molecule has 2 rings (SSSR count). The van der Waals surface area contributed by atoms with Crippen molar-refractivity contribution >= 4 is 17.4 Å². The Morgan fingerprint density at radius 3 is 2.54 bits per heavy atom. The number of hydrogen-bond donors (Lipinski definition) is 1. The summed E-state index contributed by atoms with van der Waals surface area (Å²) >= 11 is 0. The van der Waals surface area contributed by atoms with Crippen LogP contribution in [0.4, 0.5) is 16.2 Å². The zero-order valence-electron chi connectivity index (χ0n) is 16.5. The smallest absolute Gasteiger partial charge is 0.322 e. The molecule has 0 aliphatic heterocycles. The SMILES string of the molecule is CCOc1ccc(OCC)c(NC(=O)N(C)[C@H](C)c2cccc([N+](=O)[O-])c2)c1. The van der Waals surface area contributed by atoms with E-state index in [-0.39, 0.29) is 17.8 Å². The number of nitro groups is 1. The van der Waals surface area contributed by atoms with Crippen LogP contribution < -0.4 is 14.8 Å². The number of rotatable bonds is 8. The van der Waals surface area contributed by atoms with Gasteiger partial charge >= 0.3 is 6.03 Å². The Bertz CT molecular complexity index is 840. The molecule has 28 heavy (non-hydrogen) atoms. The van der Waals surface area contributed by atoms with E-state index in [4.69, 9.17) is 9.47 Å². The van der Waals surface area contributed by atoms with Gasteiger partial charge in [-0.1, -0.05) is 12.1 Å². The first-order chi connectivity index (χ1) is 13.4. The van der Waals surface area contributed by atoms with E-state index < -0.39 is 4.92 Å². The van der Waals surface area contributed by atoms with Crippen LogP contribution in [0.1, 0.15) is 32.4 Å². The highest BCUT2D eigenvalue weighted by molar-refractivity contribution is 5.91. The maximum Gasteiger partial charge on any atom is 0.322 e. The topological polar surface area (TPSA) is 93.9 Å². The second-order valence-corrected chi connectivity index (χ2v) is 6.09. The molecule has 0 aromatic heterocycles. The quantitative estimate of drug-likeness (QED) is 0.527. The van der Waals surface area contributed by atoms with Crippen molar-refractivity contribution in [2.45, 2.75) is 26.8 Å². The largest absolute Gasteiger partial charge is 0.494 e. The maximum atomic E-state index is 12.8. The van der Waals surface area contributed by atoms with E-state index in [2.05, 4.69) is 5.32 Å².